The molecule has 86 valence electrons. The summed E-state index contributed by atoms with van der Waals surface area (Å²) in [5.74, 6) is 1.09. The van der Waals surface area contributed by atoms with Gasteiger partial charge in [-0.1, -0.05) is 18.5 Å². The van der Waals surface area contributed by atoms with E-state index in [-0.39, 0.29) is 0 Å². The molecule has 0 saturated carbocycles. The third-order valence-electron chi connectivity index (χ3n) is 3.55. The third kappa shape index (κ3) is 1.70. The molecule has 2 nitrogen and oxygen atoms in total. The largest absolute Gasteiger partial charge is 0.493 e. The van der Waals surface area contributed by atoms with Gasteiger partial charge >= 0.3 is 0 Å². The van der Waals surface area contributed by atoms with E-state index in [0.29, 0.717) is 5.41 Å². The first-order valence-electron chi connectivity index (χ1n) is 5.81. The van der Waals surface area contributed by atoms with Crippen LogP contribution in [0, 0.1) is 5.41 Å². The fraction of sp³-hybridized carbons (Fsp3) is 0.538. The van der Waals surface area contributed by atoms with Crippen molar-refractivity contribution >= 4 is 11.6 Å². The zero-order chi connectivity index (χ0) is 11.2. The van der Waals surface area contributed by atoms with Gasteiger partial charge in [0, 0.05) is 24.5 Å². The zero-order valence-corrected chi connectivity index (χ0v) is 10.2. The van der Waals surface area contributed by atoms with Crippen LogP contribution in [0.15, 0.2) is 12.1 Å². The highest BCUT2D eigenvalue weighted by Crippen LogP contribution is 2.37. The number of nitrogens with one attached hydrogen (secondary N) is 1. The molecule has 1 fully saturated rings. The van der Waals surface area contributed by atoms with E-state index in [0.717, 1.165) is 43.3 Å². The topological polar surface area (TPSA) is 21.3 Å². The molecule has 2 heterocycles. The van der Waals surface area contributed by atoms with E-state index in [1.807, 2.05) is 6.07 Å². The monoisotopic (exact) mass is 237 g/mol. The Hall–Kier alpha value is -0.730. The first-order valence-corrected chi connectivity index (χ1v) is 6.19. The summed E-state index contributed by atoms with van der Waals surface area (Å²) in [7, 11) is 0. The Morgan fingerprint density at radius 1 is 1.44 bits per heavy atom. The SMILES string of the molecule is CC1(Cc2cc(Cl)cc3c2OCC3)CNC1. The van der Waals surface area contributed by atoms with Crippen LogP contribution in [-0.4, -0.2) is 19.7 Å². The Labute approximate surface area is 101 Å². The highest BCUT2D eigenvalue weighted by atomic mass is 35.5. The van der Waals surface area contributed by atoms with Crippen LogP contribution in [0.1, 0.15) is 18.1 Å². The highest BCUT2D eigenvalue weighted by Gasteiger charge is 2.33. The lowest BCUT2D eigenvalue weighted by atomic mass is 9.78. The molecule has 0 unspecified atom stereocenters. The Bertz CT molecular complexity index is 426. The second-order valence-electron chi connectivity index (χ2n) is 5.24. The van der Waals surface area contributed by atoms with Crippen LogP contribution in [-0.2, 0) is 12.8 Å². The summed E-state index contributed by atoms with van der Waals surface area (Å²) in [5, 5.41) is 4.17. The maximum Gasteiger partial charge on any atom is 0.125 e. The van der Waals surface area contributed by atoms with Crippen molar-refractivity contribution in [3.05, 3.63) is 28.3 Å². The van der Waals surface area contributed by atoms with Crippen LogP contribution in [0.3, 0.4) is 0 Å². The van der Waals surface area contributed by atoms with Gasteiger partial charge in [0.15, 0.2) is 0 Å². The number of ether oxygens (including phenoxy) is 1. The van der Waals surface area contributed by atoms with Gasteiger partial charge in [0.05, 0.1) is 6.61 Å². The molecule has 1 N–H and O–H groups in total. The minimum absolute atomic E-state index is 0.379. The van der Waals surface area contributed by atoms with Crippen molar-refractivity contribution in [3.63, 3.8) is 0 Å². The van der Waals surface area contributed by atoms with Gasteiger partial charge in [-0.05, 0) is 35.1 Å². The van der Waals surface area contributed by atoms with E-state index in [1.165, 1.54) is 11.1 Å². The smallest absolute Gasteiger partial charge is 0.125 e. The van der Waals surface area contributed by atoms with Gasteiger partial charge in [-0.2, -0.15) is 0 Å². The molecule has 0 bridgehead atoms. The van der Waals surface area contributed by atoms with Gasteiger partial charge in [0.2, 0.25) is 0 Å². The van der Waals surface area contributed by atoms with E-state index in [4.69, 9.17) is 16.3 Å². The maximum absolute atomic E-state index is 6.15. The van der Waals surface area contributed by atoms with Crippen LogP contribution < -0.4 is 10.1 Å². The first kappa shape index (κ1) is 10.4. The summed E-state index contributed by atoms with van der Waals surface area (Å²) in [5.41, 5.74) is 2.94. The number of halogens is 1. The Kier molecular flexibility index (Phi) is 2.37. The molecule has 0 atom stereocenters. The van der Waals surface area contributed by atoms with Crippen molar-refractivity contribution in [2.24, 2.45) is 5.41 Å². The van der Waals surface area contributed by atoms with Crippen molar-refractivity contribution in [3.8, 4) is 5.75 Å². The molecule has 1 aromatic rings. The molecule has 3 rings (SSSR count). The number of fused-ring (bicyclic) bond motifs is 1. The number of rotatable bonds is 2. The molecule has 0 amide bonds. The molecular formula is C13H16ClNO. The van der Waals surface area contributed by atoms with Gasteiger partial charge in [0.25, 0.3) is 0 Å². The normalized spacial score (nSPS) is 21.1. The van der Waals surface area contributed by atoms with Crippen molar-refractivity contribution < 1.29 is 4.74 Å². The zero-order valence-electron chi connectivity index (χ0n) is 9.48. The van der Waals surface area contributed by atoms with Crippen LogP contribution in [0.2, 0.25) is 5.02 Å². The van der Waals surface area contributed by atoms with E-state index in [1.54, 1.807) is 0 Å². The van der Waals surface area contributed by atoms with E-state index in [9.17, 15) is 0 Å². The van der Waals surface area contributed by atoms with Gasteiger partial charge in [-0.15, -0.1) is 0 Å². The van der Waals surface area contributed by atoms with Crippen molar-refractivity contribution in [2.75, 3.05) is 19.7 Å². The highest BCUT2D eigenvalue weighted by molar-refractivity contribution is 6.30. The summed E-state index contributed by atoms with van der Waals surface area (Å²) in [6, 6.07) is 4.10. The fourth-order valence-corrected chi connectivity index (χ4v) is 2.88. The first-order chi connectivity index (χ1) is 7.66. The summed E-state index contributed by atoms with van der Waals surface area (Å²) >= 11 is 6.15. The number of hydrogen-bond acceptors (Lipinski definition) is 2. The Balaban J connectivity index is 1.94. The minimum Gasteiger partial charge on any atom is -0.493 e. The van der Waals surface area contributed by atoms with Gasteiger partial charge in [-0.3, -0.25) is 0 Å². The van der Waals surface area contributed by atoms with Crippen molar-refractivity contribution in [1.29, 1.82) is 0 Å². The molecule has 0 spiro atoms. The predicted octanol–water partition coefficient (Wildman–Crippen LogP) is 2.43. The molecule has 2 aliphatic rings. The van der Waals surface area contributed by atoms with Gasteiger partial charge < -0.3 is 10.1 Å². The Morgan fingerprint density at radius 2 is 2.25 bits per heavy atom. The van der Waals surface area contributed by atoms with Crippen LogP contribution >= 0.6 is 11.6 Å². The molecule has 1 aromatic carbocycles. The minimum atomic E-state index is 0.379. The predicted molar refractivity (Wildman–Crippen MR) is 65.3 cm³/mol. The average Bonchev–Trinajstić information content (AvgIpc) is 2.63. The van der Waals surface area contributed by atoms with Gasteiger partial charge in [0.1, 0.15) is 5.75 Å². The lowest BCUT2D eigenvalue weighted by Gasteiger charge is -2.39. The van der Waals surface area contributed by atoms with Crippen molar-refractivity contribution in [2.45, 2.75) is 19.8 Å². The summed E-state index contributed by atoms with van der Waals surface area (Å²) < 4.78 is 5.72. The molecule has 0 aliphatic carbocycles. The van der Waals surface area contributed by atoms with Crippen molar-refractivity contribution in [1.82, 2.24) is 5.32 Å². The summed E-state index contributed by atoms with van der Waals surface area (Å²) in [4.78, 5) is 0. The second-order valence-corrected chi connectivity index (χ2v) is 5.68. The maximum atomic E-state index is 6.15. The molecule has 0 aromatic heterocycles. The standard InChI is InChI=1S/C13H16ClNO/c1-13(7-15-8-13)6-10-5-11(14)4-9-2-3-16-12(9)10/h4-5,15H,2-3,6-8H2,1H3. The van der Waals surface area contributed by atoms with Crippen LogP contribution in [0.4, 0.5) is 0 Å². The van der Waals surface area contributed by atoms with Gasteiger partial charge in [-0.25, -0.2) is 0 Å². The molecule has 2 aliphatic heterocycles. The molecular weight excluding hydrogens is 222 g/mol. The van der Waals surface area contributed by atoms with E-state index >= 15 is 0 Å². The lowest BCUT2D eigenvalue weighted by Crippen LogP contribution is -2.52. The average molecular weight is 238 g/mol. The van der Waals surface area contributed by atoms with E-state index in [2.05, 4.69) is 18.3 Å². The Morgan fingerprint density at radius 3 is 2.94 bits per heavy atom. The second kappa shape index (κ2) is 3.64. The summed E-state index contributed by atoms with van der Waals surface area (Å²) in [6.45, 7) is 5.30. The summed E-state index contributed by atoms with van der Waals surface area (Å²) in [6.07, 6.45) is 2.06. The third-order valence-corrected chi connectivity index (χ3v) is 3.76. The van der Waals surface area contributed by atoms with Crippen LogP contribution in [0.25, 0.3) is 0 Å². The number of benzene rings is 1. The number of hydrogen-bond donors (Lipinski definition) is 1. The molecule has 1 saturated heterocycles. The fourth-order valence-electron chi connectivity index (χ4n) is 2.61. The quantitative estimate of drug-likeness (QED) is 0.853. The molecule has 0 radical (unpaired) electrons. The molecule has 3 heteroatoms. The van der Waals surface area contributed by atoms with E-state index < -0.39 is 0 Å². The lowest BCUT2D eigenvalue weighted by molar-refractivity contribution is 0.193. The molecule has 16 heavy (non-hydrogen) atoms. The van der Waals surface area contributed by atoms with Crippen LogP contribution in [0.5, 0.6) is 5.75 Å².